The Kier molecular flexibility index (Phi) is 4.82. The number of nitrogens with zero attached hydrogens (tertiary/aromatic N) is 2. The Hall–Kier alpha value is -1.34. The zero-order valence-corrected chi connectivity index (χ0v) is 11.4. The van der Waals surface area contributed by atoms with Crippen molar-refractivity contribution in [3.63, 3.8) is 0 Å². The monoisotopic (exact) mass is 286 g/mol. The van der Waals surface area contributed by atoms with Gasteiger partial charge in [0.15, 0.2) is 0 Å². The maximum absolute atomic E-state index is 12.5. The first kappa shape index (κ1) is 15.1. The molecule has 3 unspecified atom stereocenters. The number of urea groups is 1. The minimum atomic E-state index is -1.07. The van der Waals surface area contributed by atoms with E-state index in [0.717, 1.165) is 19.3 Å². The number of carbonyl (C=O) groups is 2. The van der Waals surface area contributed by atoms with Crippen molar-refractivity contribution in [3.8, 4) is 0 Å². The van der Waals surface area contributed by atoms with Crippen LogP contribution in [0, 0.1) is 0 Å². The molecule has 0 bridgehead atoms. The highest BCUT2D eigenvalue weighted by Crippen LogP contribution is 2.26. The molecule has 0 radical (unpaired) electrons. The predicted octanol–water partition coefficient (Wildman–Crippen LogP) is -0.137. The van der Waals surface area contributed by atoms with Crippen LogP contribution in [0.2, 0.25) is 0 Å². The van der Waals surface area contributed by atoms with Gasteiger partial charge in [0, 0.05) is 32.2 Å². The molecule has 2 aliphatic heterocycles. The first-order valence-corrected chi connectivity index (χ1v) is 7.13. The average molecular weight is 286 g/mol. The largest absolute Gasteiger partial charge is 0.480 e. The number of carboxylic acids is 1. The van der Waals surface area contributed by atoms with Gasteiger partial charge in [-0.2, -0.15) is 0 Å². The van der Waals surface area contributed by atoms with Gasteiger partial charge in [-0.25, -0.2) is 9.59 Å². The average Bonchev–Trinajstić information content (AvgIpc) is 3.01. The summed E-state index contributed by atoms with van der Waals surface area (Å²) in [5, 5.41) is 27.6. The summed E-state index contributed by atoms with van der Waals surface area (Å²) in [6.45, 7) is 0.797. The second kappa shape index (κ2) is 6.41. The number of hydrogen-bond acceptors (Lipinski definition) is 4. The quantitative estimate of drug-likeness (QED) is 0.668. The normalized spacial score (nSPS) is 30.0. The summed E-state index contributed by atoms with van der Waals surface area (Å²) in [7, 11) is 0. The van der Waals surface area contributed by atoms with E-state index in [1.165, 1.54) is 4.90 Å². The Bertz CT molecular complexity index is 376. The van der Waals surface area contributed by atoms with Gasteiger partial charge < -0.3 is 25.1 Å². The minimum Gasteiger partial charge on any atom is -0.480 e. The molecule has 0 aromatic rings. The lowest BCUT2D eigenvalue weighted by atomic mass is 10.1. The fourth-order valence-corrected chi connectivity index (χ4v) is 3.14. The van der Waals surface area contributed by atoms with Crippen LogP contribution in [0.15, 0.2) is 0 Å². The molecule has 2 aliphatic rings. The van der Waals surface area contributed by atoms with E-state index in [4.69, 9.17) is 10.2 Å². The maximum Gasteiger partial charge on any atom is 0.326 e. The molecule has 7 heteroatoms. The molecule has 0 aromatic heterocycles. The minimum absolute atomic E-state index is 0.0711. The van der Waals surface area contributed by atoms with Gasteiger partial charge in [0.25, 0.3) is 0 Å². The highest BCUT2D eigenvalue weighted by atomic mass is 16.4. The molecule has 2 amide bonds. The Labute approximate surface area is 117 Å². The second-order valence-corrected chi connectivity index (χ2v) is 5.53. The third-order valence-electron chi connectivity index (χ3n) is 4.13. The molecule has 0 aliphatic carbocycles. The number of hydrogen-bond donors (Lipinski definition) is 3. The maximum atomic E-state index is 12.5. The van der Waals surface area contributed by atoms with Crippen molar-refractivity contribution in [1.29, 1.82) is 0 Å². The molecule has 2 saturated heterocycles. The SMILES string of the molecule is O=C(O)C1CC(O)CN1C(=O)N1CCCC1CCCO. The summed E-state index contributed by atoms with van der Waals surface area (Å²) < 4.78 is 0. The van der Waals surface area contributed by atoms with E-state index in [1.54, 1.807) is 4.90 Å². The molecule has 0 spiro atoms. The van der Waals surface area contributed by atoms with Crippen molar-refractivity contribution in [1.82, 2.24) is 9.80 Å². The van der Waals surface area contributed by atoms with Crippen molar-refractivity contribution in [2.45, 2.75) is 50.3 Å². The van der Waals surface area contributed by atoms with E-state index >= 15 is 0 Å². The Morgan fingerprint density at radius 3 is 2.65 bits per heavy atom. The van der Waals surface area contributed by atoms with Crippen molar-refractivity contribution in [2.75, 3.05) is 19.7 Å². The third-order valence-corrected chi connectivity index (χ3v) is 4.13. The zero-order chi connectivity index (χ0) is 14.7. The van der Waals surface area contributed by atoms with Crippen LogP contribution in [0.4, 0.5) is 4.79 Å². The first-order valence-electron chi connectivity index (χ1n) is 7.13. The number of aliphatic hydroxyl groups excluding tert-OH is 2. The van der Waals surface area contributed by atoms with Gasteiger partial charge in [-0.1, -0.05) is 0 Å². The number of carboxylic acid groups (broad SMARTS) is 1. The predicted molar refractivity (Wildman–Crippen MR) is 70.2 cm³/mol. The molecule has 7 nitrogen and oxygen atoms in total. The Morgan fingerprint density at radius 1 is 1.25 bits per heavy atom. The van der Waals surface area contributed by atoms with Crippen LogP contribution < -0.4 is 0 Å². The number of β-amino-alcohol motifs (C(OH)–C–C–N with tert-alkyl or cyclic N) is 1. The second-order valence-electron chi connectivity index (χ2n) is 5.53. The van der Waals surface area contributed by atoms with Gasteiger partial charge in [-0.15, -0.1) is 0 Å². The Morgan fingerprint density at radius 2 is 2.00 bits per heavy atom. The van der Waals surface area contributed by atoms with Crippen molar-refractivity contribution < 1.29 is 24.9 Å². The Balaban J connectivity index is 2.03. The van der Waals surface area contributed by atoms with Gasteiger partial charge in [-0.05, 0) is 25.7 Å². The zero-order valence-electron chi connectivity index (χ0n) is 11.4. The van der Waals surface area contributed by atoms with Gasteiger partial charge in [0.05, 0.1) is 6.10 Å². The lowest BCUT2D eigenvalue weighted by Gasteiger charge is -2.31. The van der Waals surface area contributed by atoms with E-state index in [9.17, 15) is 14.7 Å². The fraction of sp³-hybridized carbons (Fsp3) is 0.846. The van der Waals surface area contributed by atoms with Crippen LogP contribution in [0.3, 0.4) is 0 Å². The van der Waals surface area contributed by atoms with E-state index in [2.05, 4.69) is 0 Å². The van der Waals surface area contributed by atoms with Crippen molar-refractivity contribution >= 4 is 12.0 Å². The molecule has 0 saturated carbocycles. The number of carbonyl (C=O) groups excluding carboxylic acids is 1. The van der Waals surface area contributed by atoms with Crippen LogP contribution >= 0.6 is 0 Å². The van der Waals surface area contributed by atoms with Gasteiger partial charge in [0.1, 0.15) is 6.04 Å². The molecule has 2 heterocycles. The van der Waals surface area contributed by atoms with Gasteiger partial charge >= 0.3 is 12.0 Å². The summed E-state index contributed by atoms with van der Waals surface area (Å²) in [6.07, 6.45) is 2.49. The highest BCUT2D eigenvalue weighted by Gasteiger charge is 2.42. The topological polar surface area (TPSA) is 101 Å². The highest BCUT2D eigenvalue weighted by molar-refractivity contribution is 5.83. The smallest absolute Gasteiger partial charge is 0.326 e. The summed E-state index contributed by atoms with van der Waals surface area (Å²) in [6, 6.07) is -1.16. The van der Waals surface area contributed by atoms with Crippen LogP contribution in [0.1, 0.15) is 32.1 Å². The molecule has 3 N–H and O–H groups in total. The standard InChI is InChI=1S/C13H22N2O5/c16-6-2-4-9-3-1-5-14(9)13(20)15-8-10(17)7-11(15)12(18)19/h9-11,16-17H,1-8H2,(H,18,19). The van der Waals surface area contributed by atoms with Crippen molar-refractivity contribution in [3.05, 3.63) is 0 Å². The molecule has 3 atom stereocenters. The number of amides is 2. The van der Waals surface area contributed by atoms with E-state index in [1.807, 2.05) is 0 Å². The lowest BCUT2D eigenvalue weighted by molar-refractivity contribution is -0.141. The molecular weight excluding hydrogens is 264 g/mol. The molecule has 2 rings (SSSR count). The summed E-state index contributed by atoms with van der Waals surface area (Å²) in [4.78, 5) is 26.6. The van der Waals surface area contributed by atoms with Crippen molar-refractivity contribution in [2.24, 2.45) is 0 Å². The van der Waals surface area contributed by atoms with Crippen LogP contribution in [0.25, 0.3) is 0 Å². The van der Waals surface area contributed by atoms with Crippen LogP contribution in [-0.4, -0.2) is 75.0 Å². The third kappa shape index (κ3) is 3.04. The molecule has 0 aromatic carbocycles. The van der Waals surface area contributed by atoms with E-state index in [0.29, 0.717) is 13.0 Å². The van der Waals surface area contributed by atoms with Crippen LogP contribution in [0.5, 0.6) is 0 Å². The van der Waals surface area contributed by atoms with Gasteiger partial charge in [-0.3, -0.25) is 0 Å². The first-order chi connectivity index (χ1) is 9.54. The molecule has 20 heavy (non-hydrogen) atoms. The lowest BCUT2D eigenvalue weighted by Crippen LogP contribution is -2.49. The fourth-order valence-electron chi connectivity index (χ4n) is 3.14. The number of aliphatic hydroxyl groups is 2. The van der Waals surface area contributed by atoms with Crippen LogP contribution in [-0.2, 0) is 4.79 Å². The number of rotatable bonds is 4. The number of aliphatic carboxylic acids is 1. The summed E-state index contributed by atoms with van der Waals surface area (Å²) in [5.74, 6) is -1.07. The molecule has 2 fully saturated rings. The summed E-state index contributed by atoms with van der Waals surface area (Å²) in [5.41, 5.74) is 0. The van der Waals surface area contributed by atoms with Gasteiger partial charge in [0.2, 0.25) is 0 Å². The summed E-state index contributed by atoms with van der Waals surface area (Å²) >= 11 is 0. The molecular formula is C13H22N2O5. The molecule has 114 valence electrons. The van der Waals surface area contributed by atoms with E-state index < -0.39 is 18.1 Å². The number of likely N-dealkylation sites (tertiary alicyclic amines) is 2. The van der Waals surface area contributed by atoms with E-state index in [-0.39, 0.29) is 31.6 Å².